The Morgan fingerprint density at radius 2 is 1.90 bits per heavy atom. The molecular formula is C12H26N2O4S2. The molecule has 1 atom stereocenters. The van der Waals surface area contributed by atoms with Crippen molar-refractivity contribution in [2.45, 2.75) is 19.8 Å². The minimum Gasteiger partial charge on any atom is -0.302 e. The average Bonchev–Trinajstić information content (AvgIpc) is 2.36. The lowest BCUT2D eigenvalue weighted by Gasteiger charge is -2.34. The molecular weight excluding hydrogens is 300 g/mol. The lowest BCUT2D eigenvalue weighted by atomic mass is 9.98. The highest BCUT2D eigenvalue weighted by Crippen LogP contribution is 2.18. The molecule has 0 N–H and O–H groups in total. The van der Waals surface area contributed by atoms with Crippen molar-refractivity contribution in [1.82, 2.24) is 9.21 Å². The van der Waals surface area contributed by atoms with E-state index in [1.54, 1.807) is 14.0 Å². The van der Waals surface area contributed by atoms with Gasteiger partial charge in [-0.3, -0.25) is 0 Å². The van der Waals surface area contributed by atoms with Gasteiger partial charge in [0.2, 0.25) is 10.0 Å². The van der Waals surface area contributed by atoms with Crippen LogP contribution in [0.1, 0.15) is 19.8 Å². The molecule has 1 aliphatic heterocycles. The van der Waals surface area contributed by atoms with Crippen LogP contribution in [0.5, 0.6) is 0 Å². The van der Waals surface area contributed by atoms with E-state index in [4.69, 9.17) is 0 Å². The molecule has 0 aliphatic carbocycles. The number of piperidine rings is 1. The van der Waals surface area contributed by atoms with E-state index in [9.17, 15) is 16.8 Å². The van der Waals surface area contributed by atoms with E-state index in [1.807, 2.05) is 0 Å². The minimum atomic E-state index is -3.14. The van der Waals surface area contributed by atoms with Gasteiger partial charge in [-0.2, -0.15) is 0 Å². The van der Waals surface area contributed by atoms with Crippen LogP contribution in [0.2, 0.25) is 0 Å². The lowest BCUT2D eigenvalue weighted by molar-refractivity contribution is 0.169. The maximum atomic E-state index is 11.5. The van der Waals surface area contributed by atoms with Crippen LogP contribution in [0, 0.1) is 5.92 Å². The van der Waals surface area contributed by atoms with Gasteiger partial charge in [0, 0.05) is 32.4 Å². The molecule has 0 aromatic carbocycles. The van der Waals surface area contributed by atoms with Crippen molar-refractivity contribution in [2.24, 2.45) is 5.92 Å². The maximum Gasteiger partial charge on any atom is 0.210 e. The summed E-state index contributed by atoms with van der Waals surface area (Å²) in [6.45, 7) is 4.40. The van der Waals surface area contributed by atoms with Gasteiger partial charge in [-0.25, -0.2) is 21.1 Å². The van der Waals surface area contributed by atoms with E-state index in [2.05, 4.69) is 4.90 Å². The first-order valence-electron chi connectivity index (χ1n) is 6.98. The van der Waals surface area contributed by atoms with Crippen LogP contribution in [0.4, 0.5) is 0 Å². The van der Waals surface area contributed by atoms with Crippen molar-refractivity contribution in [3.8, 4) is 0 Å². The molecule has 20 heavy (non-hydrogen) atoms. The molecule has 0 aromatic rings. The monoisotopic (exact) mass is 326 g/mol. The van der Waals surface area contributed by atoms with Crippen LogP contribution in [-0.2, 0) is 19.9 Å². The van der Waals surface area contributed by atoms with Crippen LogP contribution in [0.25, 0.3) is 0 Å². The SMILES string of the molecule is CCS(=O)(=O)CCN1CCCC(CN(C)S(C)(=O)=O)C1. The van der Waals surface area contributed by atoms with Crippen molar-refractivity contribution in [1.29, 1.82) is 0 Å². The summed E-state index contributed by atoms with van der Waals surface area (Å²) in [7, 11) is -4.48. The van der Waals surface area contributed by atoms with Gasteiger partial charge >= 0.3 is 0 Å². The first-order chi connectivity index (χ1) is 9.14. The van der Waals surface area contributed by atoms with Gasteiger partial charge < -0.3 is 4.90 Å². The van der Waals surface area contributed by atoms with E-state index < -0.39 is 19.9 Å². The highest BCUT2D eigenvalue weighted by Gasteiger charge is 2.24. The number of sulfone groups is 1. The highest BCUT2D eigenvalue weighted by atomic mass is 32.2. The molecule has 0 spiro atoms. The number of hydrogen-bond donors (Lipinski definition) is 0. The molecule has 6 nitrogen and oxygen atoms in total. The third kappa shape index (κ3) is 6.07. The molecule has 1 rings (SSSR count). The summed E-state index contributed by atoms with van der Waals surface area (Å²) >= 11 is 0. The summed E-state index contributed by atoms with van der Waals surface area (Å²) in [5, 5.41) is 0. The zero-order valence-corrected chi connectivity index (χ0v) is 14.2. The molecule has 0 bridgehead atoms. The molecule has 8 heteroatoms. The fourth-order valence-electron chi connectivity index (χ4n) is 2.41. The zero-order chi connectivity index (χ0) is 15.4. The van der Waals surface area contributed by atoms with Crippen molar-refractivity contribution < 1.29 is 16.8 Å². The normalized spacial score (nSPS) is 22.3. The molecule has 0 radical (unpaired) electrons. The third-order valence-corrected chi connectivity index (χ3v) is 6.81. The number of hydrogen-bond acceptors (Lipinski definition) is 5. The van der Waals surface area contributed by atoms with Crippen LogP contribution in [0.15, 0.2) is 0 Å². The third-order valence-electron chi connectivity index (χ3n) is 3.84. The molecule has 0 aromatic heterocycles. The van der Waals surface area contributed by atoms with Crippen molar-refractivity contribution in [3.05, 3.63) is 0 Å². The van der Waals surface area contributed by atoms with Gasteiger partial charge in [0.25, 0.3) is 0 Å². The Morgan fingerprint density at radius 1 is 1.25 bits per heavy atom. The Kier molecular flexibility index (Phi) is 6.43. The topological polar surface area (TPSA) is 74.8 Å². The predicted octanol–water partition coefficient (Wildman–Crippen LogP) is 0.0245. The smallest absolute Gasteiger partial charge is 0.210 e. The van der Waals surface area contributed by atoms with E-state index in [0.717, 1.165) is 25.9 Å². The summed E-state index contributed by atoms with van der Waals surface area (Å²) in [5.41, 5.74) is 0. The fraction of sp³-hybridized carbons (Fsp3) is 1.00. The second-order valence-corrected chi connectivity index (χ2v) is 10.2. The molecule has 1 unspecified atom stereocenters. The molecule has 0 saturated carbocycles. The van der Waals surface area contributed by atoms with Crippen LogP contribution in [-0.4, -0.2) is 77.0 Å². The van der Waals surface area contributed by atoms with Crippen molar-refractivity contribution >= 4 is 19.9 Å². The van der Waals surface area contributed by atoms with E-state index >= 15 is 0 Å². The van der Waals surface area contributed by atoms with Gasteiger partial charge in [-0.15, -0.1) is 0 Å². The second kappa shape index (κ2) is 7.20. The standard InChI is InChI=1S/C12H26N2O4S2/c1-4-20(17,18)9-8-14-7-5-6-12(11-14)10-13(2)19(3,15)16/h12H,4-11H2,1-3H3. The Bertz CT molecular complexity index is 502. The van der Waals surface area contributed by atoms with Gasteiger partial charge in [0.15, 0.2) is 9.84 Å². The summed E-state index contributed by atoms with van der Waals surface area (Å²) in [5.74, 6) is 0.659. The quantitative estimate of drug-likeness (QED) is 0.659. The van der Waals surface area contributed by atoms with Crippen molar-refractivity contribution in [3.63, 3.8) is 0 Å². The van der Waals surface area contributed by atoms with Crippen LogP contribution < -0.4 is 0 Å². The van der Waals surface area contributed by atoms with Gasteiger partial charge in [0.1, 0.15) is 0 Å². The largest absolute Gasteiger partial charge is 0.302 e. The number of sulfonamides is 1. The van der Waals surface area contributed by atoms with Gasteiger partial charge in [-0.1, -0.05) is 6.92 Å². The molecule has 1 fully saturated rings. The summed E-state index contributed by atoms with van der Waals surface area (Å²) in [6, 6.07) is 0. The van der Waals surface area contributed by atoms with Gasteiger partial charge in [-0.05, 0) is 25.3 Å². The average molecular weight is 326 g/mol. The molecule has 1 aliphatic rings. The Hall–Kier alpha value is -0.180. The fourth-order valence-corrected chi connectivity index (χ4v) is 3.72. The molecule has 120 valence electrons. The Labute approximate surface area is 123 Å². The number of likely N-dealkylation sites (tertiary alicyclic amines) is 1. The van der Waals surface area contributed by atoms with Crippen LogP contribution in [0.3, 0.4) is 0 Å². The second-order valence-electron chi connectivity index (χ2n) is 5.59. The predicted molar refractivity (Wildman–Crippen MR) is 81.0 cm³/mol. The van der Waals surface area contributed by atoms with E-state index in [-0.39, 0.29) is 17.4 Å². The molecule has 0 amide bonds. The first kappa shape index (κ1) is 17.9. The first-order valence-corrected chi connectivity index (χ1v) is 10.6. The van der Waals surface area contributed by atoms with E-state index in [1.165, 1.54) is 10.6 Å². The molecule has 1 heterocycles. The minimum absolute atomic E-state index is 0.182. The lowest BCUT2D eigenvalue weighted by Crippen LogP contribution is -2.42. The van der Waals surface area contributed by atoms with Crippen molar-refractivity contribution in [2.75, 3.05) is 51.0 Å². The summed E-state index contributed by atoms with van der Waals surface area (Å²) < 4.78 is 47.2. The molecule has 1 saturated heterocycles. The summed E-state index contributed by atoms with van der Waals surface area (Å²) in [4.78, 5) is 2.14. The number of nitrogens with zero attached hydrogens (tertiary/aromatic N) is 2. The van der Waals surface area contributed by atoms with Gasteiger partial charge in [0.05, 0.1) is 12.0 Å². The Balaban J connectivity index is 2.47. The van der Waals surface area contributed by atoms with E-state index in [0.29, 0.717) is 13.1 Å². The zero-order valence-electron chi connectivity index (χ0n) is 12.6. The van der Waals surface area contributed by atoms with Crippen LogP contribution >= 0.6 is 0 Å². The highest BCUT2D eigenvalue weighted by molar-refractivity contribution is 7.91. The number of rotatable bonds is 7. The maximum absolute atomic E-state index is 11.5. The summed E-state index contributed by atoms with van der Waals surface area (Å²) in [6.07, 6.45) is 3.20. The Morgan fingerprint density at radius 3 is 2.45 bits per heavy atom.